The van der Waals surface area contributed by atoms with Crippen molar-refractivity contribution in [1.82, 2.24) is 14.9 Å². The van der Waals surface area contributed by atoms with Crippen LogP contribution >= 0.6 is 46.1 Å². The molecular formula is C13H13Cl3N4O3S2. The molecule has 2 rings (SSSR count). The number of benzene rings is 1. The van der Waals surface area contributed by atoms with Gasteiger partial charge in [-0.15, -0.1) is 10.2 Å². The van der Waals surface area contributed by atoms with Crippen LogP contribution in [0, 0.1) is 6.92 Å². The maximum Gasteiger partial charge on any atom is 0.278 e. The third-order valence-electron chi connectivity index (χ3n) is 2.91. The van der Waals surface area contributed by atoms with Gasteiger partial charge in [0.2, 0.25) is 15.2 Å². The monoisotopic (exact) mass is 442 g/mol. The lowest BCUT2D eigenvalue weighted by Crippen LogP contribution is -2.26. The number of amides is 1. The number of hydrogen-bond acceptors (Lipinski definition) is 6. The summed E-state index contributed by atoms with van der Waals surface area (Å²) < 4.78 is 24.7. The van der Waals surface area contributed by atoms with Gasteiger partial charge in [0.05, 0.1) is 4.90 Å². The fourth-order valence-electron chi connectivity index (χ4n) is 1.67. The maximum absolute atomic E-state index is 12.2. The van der Waals surface area contributed by atoms with Crippen LogP contribution in [0.1, 0.15) is 10.6 Å². The SMILES string of the molecule is Cc1ccc(S(=O)(=O)NCCc2nnc(NC(=O)C(Cl)(Cl)Cl)s2)cc1. The molecule has 2 N–H and O–H groups in total. The van der Waals surface area contributed by atoms with Gasteiger partial charge in [0.1, 0.15) is 5.01 Å². The van der Waals surface area contributed by atoms with Crippen molar-refractivity contribution in [3.63, 3.8) is 0 Å². The highest BCUT2D eigenvalue weighted by Gasteiger charge is 2.31. The van der Waals surface area contributed by atoms with Crippen LogP contribution in [-0.2, 0) is 21.2 Å². The highest BCUT2D eigenvalue weighted by atomic mass is 35.6. The van der Waals surface area contributed by atoms with Gasteiger partial charge in [0, 0.05) is 13.0 Å². The number of halogens is 3. The Labute approximate surface area is 163 Å². The van der Waals surface area contributed by atoms with Gasteiger partial charge in [-0.25, -0.2) is 13.1 Å². The zero-order chi connectivity index (χ0) is 18.7. The third kappa shape index (κ3) is 6.05. The molecule has 0 fully saturated rings. The molecule has 1 amide bonds. The predicted octanol–water partition coefficient (Wildman–Crippen LogP) is 2.68. The number of rotatable bonds is 6. The van der Waals surface area contributed by atoms with Crippen molar-refractivity contribution in [2.45, 2.75) is 22.0 Å². The lowest BCUT2D eigenvalue weighted by atomic mass is 10.2. The Hall–Kier alpha value is -0.970. The van der Waals surface area contributed by atoms with E-state index < -0.39 is 19.7 Å². The molecular weight excluding hydrogens is 431 g/mol. The molecule has 1 heterocycles. The van der Waals surface area contributed by atoms with E-state index in [0.717, 1.165) is 16.9 Å². The summed E-state index contributed by atoms with van der Waals surface area (Å²) in [5.74, 6) is -0.847. The number of aromatic nitrogens is 2. The standard InChI is InChI=1S/C13H13Cl3N4O3S2/c1-8-2-4-9(5-3-8)25(22,23)17-7-6-10-19-20-12(24-10)18-11(21)13(14,15)16/h2-5,17H,6-7H2,1H3,(H,18,20,21). The number of carbonyl (C=O) groups excluding carboxylic acids is 1. The number of aryl methyl sites for hydroxylation is 1. The number of carbonyl (C=O) groups is 1. The number of hydrogen-bond donors (Lipinski definition) is 2. The van der Waals surface area contributed by atoms with Crippen LogP contribution < -0.4 is 10.0 Å². The Morgan fingerprint density at radius 1 is 1.20 bits per heavy atom. The molecule has 1 aromatic carbocycles. The Morgan fingerprint density at radius 3 is 2.44 bits per heavy atom. The number of sulfonamides is 1. The topological polar surface area (TPSA) is 101 Å². The predicted molar refractivity (Wildman–Crippen MR) is 98.9 cm³/mol. The summed E-state index contributed by atoms with van der Waals surface area (Å²) in [5.41, 5.74) is 0.970. The number of anilines is 1. The van der Waals surface area contributed by atoms with E-state index in [-0.39, 0.29) is 16.6 Å². The zero-order valence-electron chi connectivity index (χ0n) is 12.8. The van der Waals surface area contributed by atoms with E-state index in [1.807, 2.05) is 6.92 Å². The molecule has 0 spiro atoms. The van der Waals surface area contributed by atoms with E-state index in [2.05, 4.69) is 20.2 Å². The van der Waals surface area contributed by atoms with Crippen LogP contribution in [-0.4, -0.2) is 34.9 Å². The van der Waals surface area contributed by atoms with Crippen LogP contribution in [0.2, 0.25) is 0 Å². The van der Waals surface area contributed by atoms with Crippen molar-refractivity contribution < 1.29 is 13.2 Å². The van der Waals surface area contributed by atoms with E-state index in [4.69, 9.17) is 34.8 Å². The molecule has 0 unspecified atom stereocenters. The van der Waals surface area contributed by atoms with Gasteiger partial charge in [-0.2, -0.15) is 0 Å². The van der Waals surface area contributed by atoms with Gasteiger partial charge in [-0.3, -0.25) is 10.1 Å². The Bertz CT molecular complexity index is 848. The van der Waals surface area contributed by atoms with Gasteiger partial charge < -0.3 is 0 Å². The smallest absolute Gasteiger partial charge is 0.278 e. The van der Waals surface area contributed by atoms with Crippen LogP contribution in [0.25, 0.3) is 0 Å². The molecule has 25 heavy (non-hydrogen) atoms. The second-order valence-electron chi connectivity index (χ2n) is 4.91. The average molecular weight is 444 g/mol. The van der Waals surface area contributed by atoms with E-state index in [1.54, 1.807) is 12.1 Å². The van der Waals surface area contributed by atoms with E-state index in [9.17, 15) is 13.2 Å². The van der Waals surface area contributed by atoms with Gasteiger partial charge in [0.25, 0.3) is 9.70 Å². The lowest BCUT2D eigenvalue weighted by Gasteiger charge is -2.08. The van der Waals surface area contributed by atoms with Crippen molar-refractivity contribution in [2.24, 2.45) is 0 Å². The fourth-order valence-corrected chi connectivity index (χ4v) is 3.57. The zero-order valence-corrected chi connectivity index (χ0v) is 16.7. The molecule has 0 saturated carbocycles. The number of alkyl halides is 3. The first-order valence-electron chi connectivity index (χ1n) is 6.85. The lowest BCUT2D eigenvalue weighted by molar-refractivity contribution is -0.115. The quantitative estimate of drug-likeness (QED) is 0.668. The normalized spacial score (nSPS) is 12.2. The largest absolute Gasteiger partial charge is 0.297 e. The van der Waals surface area contributed by atoms with Crippen LogP contribution in [0.4, 0.5) is 5.13 Å². The van der Waals surface area contributed by atoms with E-state index in [1.165, 1.54) is 12.1 Å². The first-order chi connectivity index (χ1) is 11.6. The van der Waals surface area contributed by atoms with Crippen molar-refractivity contribution in [2.75, 3.05) is 11.9 Å². The molecule has 12 heteroatoms. The molecule has 0 aliphatic carbocycles. The Kier molecular flexibility index (Phi) is 6.63. The number of nitrogens with zero attached hydrogens (tertiary/aromatic N) is 2. The van der Waals surface area contributed by atoms with Crippen molar-refractivity contribution in [3.05, 3.63) is 34.8 Å². The van der Waals surface area contributed by atoms with Crippen LogP contribution in [0.3, 0.4) is 0 Å². The van der Waals surface area contributed by atoms with Gasteiger partial charge in [0.15, 0.2) is 0 Å². The van der Waals surface area contributed by atoms with E-state index >= 15 is 0 Å². The minimum atomic E-state index is -3.59. The summed E-state index contributed by atoms with van der Waals surface area (Å²) in [7, 11) is -3.59. The Morgan fingerprint density at radius 2 is 1.84 bits per heavy atom. The maximum atomic E-state index is 12.2. The first-order valence-corrected chi connectivity index (χ1v) is 10.3. The molecule has 0 aliphatic rings. The summed E-state index contributed by atoms with van der Waals surface area (Å²) in [6.07, 6.45) is 0.298. The minimum absolute atomic E-state index is 0.128. The van der Waals surface area contributed by atoms with Crippen LogP contribution in [0.15, 0.2) is 29.2 Å². The molecule has 7 nitrogen and oxygen atoms in total. The fraction of sp³-hybridized carbons (Fsp3) is 0.308. The van der Waals surface area contributed by atoms with Crippen molar-refractivity contribution in [3.8, 4) is 0 Å². The van der Waals surface area contributed by atoms with Gasteiger partial charge in [-0.1, -0.05) is 63.8 Å². The van der Waals surface area contributed by atoms with Crippen LogP contribution in [0.5, 0.6) is 0 Å². The highest BCUT2D eigenvalue weighted by molar-refractivity contribution is 7.89. The third-order valence-corrected chi connectivity index (χ3v) is 5.80. The summed E-state index contributed by atoms with van der Waals surface area (Å²) in [4.78, 5) is 11.7. The van der Waals surface area contributed by atoms with E-state index in [0.29, 0.717) is 11.4 Å². The molecule has 2 aromatic rings. The molecule has 0 atom stereocenters. The van der Waals surface area contributed by atoms with Crippen molar-refractivity contribution in [1.29, 1.82) is 0 Å². The number of nitrogens with one attached hydrogen (secondary N) is 2. The molecule has 0 radical (unpaired) electrons. The summed E-state index contributed by atoms with van der Waals surface area (Å²) in [5, 5.41) is 10.6. The summed E-state index contributed by atoms with van der Waals surface area (Å²) in [6, 6.07) is 6.51. The highest BCUT2D eigenvalue weighted by Crippen LogP contribution is 2.28. The molecule has 0 bridgehead atoms. The van der Waals surface area contributed by atoms with Gasteiger partial charge >= 0.3 is 0 Å². The second-order valence-corrected chi connectivity index (χ2v) is 10.0. The second kappa shape index (κ2) is 8.15. The van der Waals surface area contributed by atoms with Crippen molar-refractivity contribution >= 4 is 67.2 Å². The minimum Gasteiger partial charge on any atom is -0.297 e. The molecule has 0 aliphatic heterocycles. The first kappa shape index (κ1) is 20.3. The van der Waals surface area contributed by atoms with Gasteiger partial charge in [-0.05, 0) is 19.1 Å². The molecule has 0 saturated heterocycles. The average Bonchev–Trinajstić information content (AvgIpc) is 2.94. The molecule has 136 valence electrons. The summed E-state index contributed by atoms with van der Waals surface area (Å²) >= 11 is 17.4. The summed E-state index contributed by atoms with van der Waals surface area (Å²) in [6.45, 7) is 2.00. The Balaban J connectivity index is 1.90. The molecule has 1 aromatic heterocycles.